The van der Waals surface area contributed by atoms with Crippen LogP contribution in [0.5, 0.6) is 0 Å². The van der Waals surface area contributed by atoms with Crippen molar-refractivity contribution in [1.29, 1.82) is 0 Å². The van der Waals surface area contributed by atoms with E-state index in [-0.39, 0.29) is 59.4 Å². The van der Waals surface area contributed by atoms with Crippen molar-refractivity contribution in [3.05, 3.63) is 0 Å². The smallest absolute Gasteiger partial charge is 1.00 e. The molecule has 0 aromatic carbocycles. The van der Waals surface area contributed by atoms with Crippen LogP contribution >= 0.6 is 0 Å². The molecule has 0 aliphatic rings. The van der Waals surface area contributed by atoms with Crippen LogP contribution in [0, 0.1) is 0 Å². The van der Waals surface area contributed by atoms with Crippen LogP contribution in [0.2, 0.25) is 0 Å². The van der Waals surface area contributed by atoms with Gasteiger partial charge in [0.05, 0.1) is 6.54 Å². The summed E-state index contributed by atoms with van der Waals surface area (Å²) in [5, 5.41) is 8.40. The molecule has 0 unspecified atom stereocenters. The maximum atomic E-state index is 10.2. The Morgan fingerprint density at radius 1 is 1.50 bits per heavy atom. The third-order valence-corrected chi connectivity index (χ3v) is 1.55. The summed E-state index contributed by atoms with van der Waals surface area (Å²) in [5.74, 6) is -0.746. The summed E-state index contributed by atoms with van der Waals surface area (Å²) < 4.78 is 0. The summed E-state index contributed by atoms with van der Waals surface area (Å²) in [6.45, 7) is 3.18. The second-order valence-electron chi connectivity index (χ2n) is 2.84. The van der Waals surface area contributed by atoms with Crippen molar-refractivity contribution >= 4 is 5.97 Å². The molecule has 0 aliphatic carbocycles. The third kappa shape index (κ3) is 11.1. The molecule has 0 aliphatic heterocycles. The Bertz CT molecular complexity index is 125. The molecular formula is C8H18KNO2. The van der Waals surface area contributed by atoms with E-state index in [1.807, 2.05) is 11.9 Å². The number of nitrogens with zero attached hydrogens (tertiary/aromatic N) is 1. The van der Waals surface area contributed by atoms with E-state index in [1.165, 1.54) is 12.8 Å². The van der Waals surface area contributed by atoms with E-state index in [0.29, 0.717) is 0 Å². The van der Waals surface area contributed by atoms with Gasteiger partial charge in [-0.05, 0) is 20.0 Å². The largest absolute Gasteiger partial charge is 1.00 e. The van der Waals surface area contributed by atoms with Crippen LogP contribution in [-0.4, -0.2) is 36.1 Å². The molecular weight excluding hydrogens is 181 g/mol. The normalized spacial score (nSPS) is 9.58. The maximum absolute atomic E-state index is 10.2. The van der Waals surface area contributed by atoms with Gasteiger partial charge in [-0.3, -0.25) is 9.69 Å². The fraction of sp³-hybridized carbons (Fsp3) is 0.875. The third-order valence-electron chi connectivity index (χ3n) is 1.55. The van der Waals surface area contributed by atoms with Gasteiger partial charge in [-0.1, -0.05) is 19.8 Å². The van der Waals surface area contributed by atoms with Gasteiger partial charge in [0, 0.05) is 0 Å². The average Bonchev–Trinajstić information content (AvgIpc) is 1.86. The quantitative estimate of drug-likeness (QED) is 0.410. The summed E-state index contributed by atoms with van der Waals surface area (Å²) in [7, 11) is 1.84. The van der Waals surface area contributed by atoms with E-state index in [1.54, 1.807) is 0 Å². The van der Waals surface area contributed by atoms with Gasteiger partial charge in [0.1, 0.15) is 0 Å². The number of carbonyl (C=O) groups is 1. The first-order valence-corrected chi connectivity index (χ1v) is 4.07. The molecule has 0 rings (SSSR count). The zero-order valence-corrected chi connectivity index (χ0v) is 11.5. The molecule has 0 aromatic heterocycles. The molecule has 0 radical (unpaired) electrons. The summed E-state index contributed by atoms with van der Waals surface area (Å²) >= 11 is 0. The first-order valence-electron chi connectivity index (χ1n) is 4.07. The fourth-order valence-corrected chi connectivity index (χ4v) is 0.942. The van der Waals surface area contributed by atoms with Gasteiger partial charge in [0.25, 0.3) is 0 Å². The van der Waals surface area contributed by atoms with Crippen molar-refractivity contribution in [3.63, 3.8) is 0 Å². The van der Waals surface area contributed by atoms with E-state index in [0.717, 1.165) is 13.0 Å². The zero-order chi connectivity index (χ0) is 8.69. The minimum atomic E-state index is -0.746. The van der Waals surface area contributed by atoms with Gasteiger partial charge < -0.3 is 6.53 Å². The van der Waals surface area contributed by atoms with Crippen LogP contribution in [0.1, 0.15) is 27.6 Å². The van der Waals surface area contributed by atoms with Crippen LogP contribution in [0.15, 0.2) is 0 Å². The zero-order valence-electron chi connectivity index (χ0n) is 9.34. The van der Waals surface area contributed by atoms with Crippen LogP contribution < -0.4 is 51.4 Å². The van der Waals surface area contributed by atoms with Crippen LogP contribution in [0.4, 0.5) is 0 Å². The Kier molecular flexibility index (Phi) is 13.1. The SMILES string of the molecule is CCCCCN(C)CC(=O)O.[H-].[K+]. The number of hydrogen-bond donors (Lipinski definition) is 1. The predicted octanol–water partition coefficient (Wildman–Crippen LogP) is -1.69. The molecule has 68 valence electrons. The standard InChI is InChI=1S/C8H17NO2.K.H/c1-3-4-5-6-9(2)7-8(10)11;;/h3-7H2,1-2H3,(H,10,11);;/q;+1;-1. The molecule has 1 N–H and O–H groups in total. The summed E-state index contributed by atoms with van der Waals surface area (Å²) in [6.07, 6.45) is 3.46. The molecule has 4 heteroatoms. The minimum Gasteiger partial charge on any atom is -1.00 e. The molecule has 0 saturated heterocycles. The first-order chi connectivity index (χ1) is 5.16. The topological polar surface area (TPSA) is 40.5 Å². The minimum absolute atomic E-state index is 0. The Balaban J connectivity index is -0.000000500. The van der Waals surface area contributed by atoms with Crippen LogP contribution in [0.3, 0.4) is 0 Å². The number of unbranched alkanes of at least 4 members (excludes halogenated alkanes) is 2. The van der Waals surface area contributed by atoms with Crippen molar-refractivity contribution in [2.75, 3.05) is 20.1 Å². The van der Waals surface area contributed by atoms with Gasteiger partial charge in [-0.2, -0.15) is 0 Å². The van der Waals surface area contributed by atoms with E-state index >= 15 is 0 Å². The van der Waals surface area contributed by atoms with E-state index in [2.05, 4.69) is 6.92 Å². The number of carboxylic acids is 1. The molecule has 0 saturated carbocycles. The van der Waals surface area contributed by atoms with E-state index < -0.39 is 5.97 Å². The van der Waals surface area contributed by atoms with Crippen molar-refractivity contribution in [2.24, 2.45) is 0 Å². The second-order valence-corrected chi connectivity index (χ2v) is 2.84. The number of hydrogen-bond acceptors (Lipinski definition) is 2. The summed E-state index contributed by atoms with van der Waals surface area (Å²) in [4.78, 5) is 12.0. The van der Waals surface area contributed by atoms with Gasteiger partial charge >= 0.3 is 57.4 Å². The molecule has 0 fully saturated rings. The molecule has 0 heterocycles. The van der Waals surface area contributed by atoms with Gasteiger partial charge in [0.2, 0.25) is 0 Å². The number of carboxylic acid groups (broad SMARTS) is 1. The van der Waals surface area contributed by atoms with E-state index in [9.17, 15) is 4.79 Å². The molecule has 0 atom stereocenters. The van der Waals surface area contributed by atoms with Crippen LogP contribution in [-0.2, 0) is 4.79 Å². The second kappa shape index (κ2) is 10.1. The maximum Gasteiger partial charge on any atom is 1.00 e. The predicted molar refractivity (Wildman–Crippen MR) is 45.8 cm³/mol. The van der Waals surface area contributed by atoms with Crippen LogP contribution in [0.25, 0.3) is 0 Å². The Morgan fingerprint density at radius 3 is 2.50 bits per heavy atom. The summed E-state index contributed by atoms with van der Waals surface area (Å²) in [6, 6.07) is 0. The molecule has 0 bridgehead atoms. The Labute approximate surface area is 118 Å². The van der Waals surface area contributed by atoms with Gasteiger partial charge in [0.15, 0.2) is 0 Å². The molecule has 0 spiro atoms. The van der Waals surface area contributed by atoms with Crippen molar-refractivity contribution in [1.82, 2.24) is 4.90 Å². The van der Waals surface area contributed by atoms with E-state index in [4.69, 9.17) is 5.11 Å². The van der Waals surface area contributed by atoms with Crippen molar-refractivity contribution < 1.29 is 62.7 Å². The van der Waals surface area contributed by atoms with Gasteiger partial charge in [-0.15, -0.1) is 0 Å². The molecule has 0 aromatic rings. The monoisotopic (exact) mass is 199 g/mol. The van der Waals surface area contributed by atoms with Crippen molar-refractivity contribution in [2.45, 2.75) is 26.2 Å². The molecule has 0 amide bonds. The molecule has 3 nitrogen and oxygen atoms in total. The Morgan fingerprint density at radius 2 is 2.08 bits per heavy atom. The average molecular weight is 199 g/mol. The molecule has 12 heavy (non-hydrogen) atoms. The van der Waals surface area contributed by atoms with Crippen molar-refractivity contribution in [3.8, 4) is 0 Å². The number of likely N-dealkylation sites (N-methyl/N-ethyl adjacent to an activating group) is 1. The van der Waals surface area contributed by atoms with Gasteiger partial charge in [-0.25, -0.2) is 0 Å². The number of aliphatic carboxylic acids is 1. The first kappa shape index (κ1) is 15.5. The Hall–Kier alpha value is 1.07. The number of rotatable bonds is 6. The summed E-state index contributed by atoms with van der Waals surface area (Å²) in [5.41, 5.74) is 0. The fourth-order valence-electron chi connectivity index (χ4n) is 0.942.